The Morgan fingerprint density at radius 3 is 2.32 bits per heavy atom. The Balaban J connectivity index is 0.836. The van der Waals surface area contributed by atoms with E-state index in [4.69, 9.17) is 23.3 Å². The van der Waals surface area contributed by atoms with Crippen LogP contribution in [0.2, 0.25) is 0 Å². The number of anilines is 1. The summed E-state index contributed by atoms with van der Waals surface area (Å²) in [6, 6.07) is 8.90. The number of benzene rings is 2. The van der Waals surface area contributed by atoms with Crippen LogP contribution in [-0.2, 0) is 51.5 Å². The minimum Gasteiger partial charge on any atom is -0.468 e. The molecule has 2 fully saturated rings. The van der Waals surface area contributed by atoms with Crippen molar-refractivity contribution in [3.63, 3.8) is 0 Å². The third kappa shape index (κ3) is 10.9. The number of rotatable bonds is 21. The molecule has 5 aromatic rings. The summed E-state index contributed by atoms with van der Waals surface area (Å²) < 4.78 is 87.5. The van der Waals surface area contributed by atoms with E-state index in [0.29, 0.717) is 21.9 Å². The molecule has 7 rings (SSSR count). The minimum absolute atomic E-state index is 0.0111. The lowest BCUT2D eigenvalue weighted by molar-refractivity contribution is -0.142. The van der Waals surface area contributed by atoms with E-state index in [0.717, 1.165) is 19.1 Å². The summed E-state index contributed by atoms with van der Waals surface area (Å²) in [7, 11) is -10.2. The smallest absolute Gasteiger partial charge is 0.468 e. The van der Waals surface area contributed by atoms with Gasteiger partial charge in [0.05, 0.1) is 37.9 Å². The Labute approximate surface area is 375 Å². The summed E-state index contributed by atoms with van der Waals surface area (Å²) in [4.78, 5) is 51.7. The number of fused-ring (bicyclic) bond motifs is 4. The number of ether oxygens (including phenoxy) is 3. The third-order valence-corrected chi connectivity index (χ3v) is 14.6. The lowest BCUT2D eigenvalue weighted by Gasteiger charge is -2.20. The van der Waals surface area contributed by atoms with Gasteiger partial charge in [-0.25, -0.2) is 37.9 Å². The molecular formula is C36H48N10O17P2S. The number of carbonyl (C=O) groups excluding carboxylic acids is 1. The maximum absolute atomic E-state index is 13.5. The van der Waals surface area contributed by atoms with Crippen molar-refractivity contribution >= 4 is 71.2 Å². The van der Waals surface area contributed by atoms with Gasteiger partial charge in [-0.15, -0.1) is 0 Å². The summed E-state index contributed by atoms with van der Waals surface area (Å²) in [6.45, 7) is -1.75. The van der Waals surface area contributed by atoms with Crippen molar-refractivity contribution in [3.05, 3.63) is 61.4 Å². The second-order valence-electron chi connectivity index (χ2n) is 15.1. The number of phosphoric ester groups is 2. The Morgan fingerprint density at radius 2 is 1.61 bits per heavy atom. The van der Waals surface area contributed by atoms with Crippen LogP contribution in [0.3, 0.4) is 0 Å². The van der Waals surface area contributed by atoms with Gasteiger partial charge >= 0.3 is 21.6 Å². The largest absolute Gasteiger partial charge is 0.481 e. The van der Waals surface area contributed by atoms with Crippen LogP contribution in [0.25, 0.3) is 27.6 Å². The van der Waals surface area contributed by atoms with Gasteiger partial charge in [0.1, 0.15) is 49.0 Å². The van der Waals surface area contributed by atoms with E-state index in [1.807, 2.05) is 25.1 Å². The Morgan fingerprint density at radius 1 is 0.924 bits per heavy atom. The predicted octanol–water partition coefficient (Wildman–Crippen LogP) is -0.962. The quantitative estimate of drug-likeness (QED) is 0.0107. The van der Waals surface area contributed by atoms with Gasteiger partial charge in [-0.3, -0.25) is 27.8 Å². The molecule has 11 atom stereocenters. The summed E-state index contributed by atoms with van der Waals surface area (Å²) >= 11 is 0. The fourth-order valence-electron chi connectivity index (χ4n) is 7.27. The standard InChI is InChI=1S/C36H48N10O17P2S/c1-44(2)23-10-4-8-21-20(23)7-5-11-26(21)66(56,57)43-22(36(51)58-3)9-6-12-37-17-41-42-34-30(49)28(47)24(61-34)15-59-64(52,53)63-65(54,55)60-16-25-29(48)31(50)35(62-25)46-19-39-27-32-38-13-14-45(32)18-40-33(27)46/h4-5,7-8,10-11,13-14,17-19,22,24-25,28-31,34-35,42-43,47-50H,6,9,12,15-16H2,1-3H3,(H,37,41)(H,52,53)(H,54,55). The average Bonchev–Trinajstić information content (AvgIpc) is 4.05. The fraction of sp³-hybridized carbons (Fsp3) is 0.472. The molecule has 0 bridgehead atoms. The molecule has 0 aliphatic carbocycles. The van der Waals surface area contributed by atoms with Crippen LogP contribution in [0.5, 0.6) is 0 Å². The van der Waals surface area contributed by atoms with E-state index in [-0.39, 0.29) is 29.9 Å². The topological polar surface area (TPSA) is 362 Å². The van der Waals surface area contributed by atoms with Crippen LogP contribution in [0.15, 0.2) is 71.3 Å². The number of sulfonamides is 1. The Hall–Kier alpha value is -4.58. The maximum atomic E-state index is 13.5. The maximum Gasteiger partial charge on any atom is 0.481 e. The normalized spacial score (nSPS) is 26.0. The highest BCUT2D eigenvalue weighted by atomic mass is 32.2. The van der Waals surface area contributed by atoms with Crippen LogP contribution in [0.1, 0.15) is 19.1 Å². The van der Waals surface area contributed by atoms with Crippen LogP contribution in [0, 0.1) is 0 Å². The summed E-state index contributed by atoms with van der Waals surface area (Å²) in [5.74, 6) is -0.800. The van der Waals surface area contributed by atoms with Crippen LogP contribution < -0.4 is 20.5 Å². The fourth-order valence-corrected chi connectivity index (χ4v) is 10.8. The van der Waals surface area contributed by atoms with Crippen molar-refractivity contribution in [2.45, 2.75) is 72.9 Å². The highest BCUT2D eigenvalue weighted by Crippen LogP contribution is 2.60. The van der Waals surface area contributed by atoms with E-state index in [9.17, 15) is 52.6 Å². The summed E-state index contributed by atoms with van der Waals surface area (Å²) in [5.41, 5.74) is 6.92. The number of carbonyl (C=O) groups is 1. The molecule has 0 radical (unpaired) electrons. The number of esters is 1. The molecule has 66 heavy (non-hydrogen) atoms. The molecule has 0 amide bonds. The first kappa shape index (κ1) is 49.3. The van der Waals surface area contributed by atoms with Crippen LogP contribution in [0.4, 0.5) is 5.69 Å². The number of aliphatic imine (C=N–C) groups is 1. The van der Waals surface area contributed by atoms with Crippen molar-refractivity contribution in [2.24, 2.45) is 4.99 Å². The van der Waals surface area contributed by atoms with Crippen molar-refractivity contribution in [2.75, 3.05) is 45.9 Å². The summed E-state index contributed by atoms with van der Waals surface area (Å²) in [6.07, 6.45) is -4.81. The molecule has 0 spiro atoms. The second-order valence-corrected chi connectivity index (χ2v) is 19.9. The molecular weight excluding hydrogens is 938 g/mol. The molecule has 360 valence electrons. The Kier molecular flexibility index (Phi) is 15.2. The van der Waals surface area contributed by atoms with E-state index < -0.39 is 100.0 Å². The number of hydrogen-bond acceptors (Lipinski definition) is 21. The van der Waals surface area contributed by atoms with Gasteiger partial charge in [-0.1, -0.05) is 24.3 Å². The van der Waals surface area contributed by atoms with Gasteiger partial charge in [0, 0.05) is 49.5 Å². The van der Waals surface area contributed by atoms with E-state index in [2.05, 4.69) is 39.8 Å². The zero-order valence-electron chi connectivity index (χ0n) is 35.2. The molecule has 5 heterocycles. The molecule has 9 N–H and O–H groups in total. The average molecular weight is 987 g/mol. The van der Waals surface area contributed by atoms with Crippen molar-refractivity contribution in [1.82, 2.24) is 39.5 Å². The number of nitrogens with one attached hydrogen (secondary N) is 3. The van der Waals surface area contributed by atoms with Gasteiger partial charge < -0.3 is 54.7 Å². The molecule has 2 aliphatic heterocycles. The van der Waals surface area contributed by atoms with Gasteiger partial charge in [0.2, 0.25) is 10.0 Å². The molecule has 30 heteroatoms. The molecule has 0 saturated carbocycles. The number of phosphoric acid groups is 2. The zero-order chi connectivity index (χ0) is 47.6. The van der Waals surface area contributed by atoms with Gasteiger partial charge in [0.15, 0.2) is 29.3 Å². The number of aliphatic hydroxyl groups excluding tert-OH is 4. The molecule has 2 aromatic carbocycles. The monoisotopic (exact) mass is 986 g/mol. The molecule has 2 saturated heterocycles. The lowest BCUT2D eigenvalue weighted by atomic mass is 10.1. The second kappa shape index (κ2) is 20.3. The lowest BCUT2D eigenvalue weighted by Crippen LogP contribution is -2.47. The number of hydrogen-bond donors (Lipinski definition) is 9. The molecule has 2 aliphatic rings. The first-order valence-corrected chi connectivity index (χ1v) is 24.4. The number of hydrazine groups is 1. The van der Waals surface area contributed by atoms with Gasteiger partial charge in [0.25, 0.3) is 0 Å². The van der Waals surface area contributed by atoms with Gasteiger partial charge in [-0.2, -0.15) is 9.03 Å². The summed E-state index contributed by atoms with van der Waals surface area (Å²) in [5, 5.41) is 43.4. The zero-order valence-corrected chi connectivity index (χ0v) is 37.8. The third-order valence-electron chi connectivity index (χ3n) is 10.5. The first-order chi connectivity index (χ1) is 31.3. The molecule has 3 aromatic heterocycles. The minimum atomic E-state index is -5.43. The molecule has 27 nitrogen and oxygen atoms in total. The highest BCUT2D eigenvalue weighted by molar-refractivity contribution is 7.89. The SMILES string of the molecule is COC(=O)C(CCCN=CNNC1OC(COP(=O)(O)OP(=O)(O)OCC2OC(n3cnc4c3ncn3ccnc43)C(O)C2O)C(O)C1O)NS(=O)(=O)c1cccc2c(N(C)C)cccc12. The van der Waals surface area contributed by atoms with Crippen LogP contribution in [-0.4, -0.2) is 165 Å². The number of nitrogens with zero attached hydrogens (tertiary/aromatic N) is 7. The van der Waals surface area contributed by atoms with Crippen molar-refractivity contribution in [1.29, 1.82) is 0 Å². The number of imidazole rings is 2. The highest BCUT2D eigenvalue weighted by Gasteiger charge is 2.47. The first-order valence-electron chi connectivity index (χ1n) is 19.9. The number of aliphatic hydroxyl groups is 4. The Bertz CT molecular complexity index is 2760. The van der Waals surface area contributed by atoms with Crippen molar-refractivity contribution < 1.29 is 80.1 Å². The number of aromatic nitrogens is 5. The number of methoxy groups -OCH3 is 1. The van der Waals surface area contributed by atoms with E-state index in [1.165, 1.54) is 29.5 Å². The predicted molar refractivity (Wildman–Crippen MR) is 229 cm³/mol. The van der Waals surface area contributed by atoms with Crippen molar-refractivity contribution in [3.8, 4) is 0 Å². The van der Waals surface area contributed by atoms with E-state index >= 15 is 0 Å². The molecule has 11 unspecified atom stereocenters. The van der Waals surface area contributed by atoms with E-state index in [1.54, 1.807) is 34.9 Å². The van der Waals surface area contributed by atoms with Gasteiger partial charge in [-0.05, 0) is 25.0 Å². The van der Waals surface area contributed by atoms with Crippen LogP contribution >= 0.6 is 15.6 Å².